The SMILES string of the molecule is COc1ccccc1C(=O)Nc1ccc(-c2ccc(C(N)=O)o2)cc1. The van der Waals surface area contributed by atoms with Gasteiger partial charge in [0, 0.05) is 11.3 Å². The van der Waals surface area contributed by atoms with E-state index in [2.05, 4.69) is 5.32 Å². The van der Waals surface area contributed by atoms with Crippen molar-refractivity contribution in [2.45, 2.75) is 0 Å². The van der Waals surface area contributed by atoms with E-state index in [1.165, 1.54) is 13.2 Å². The fourth-order valence-corrected chi connectivity index (χ4v) is 2.37. The molecule has 0 saturated carbocycles. The number of nitrogens with one attached hydrogen (secondary N) is 1. The highest BCUT2D eigenvalue weighted by Gasteiger charge is 2.12. The van der Waals surface area contributed by atoms with Crippen LogP contribution in [0.25, 0.3) is 11.3 Å². The van der Waals surface area contributed by atoms with Crippen LogP contribution in [0.4, 0.5) is 5.69 Å². The summed E-state index contributed by atoms with van der Waals surface area (Å²) in [5.74, 6) is 0.247. The molecule has 0 unspecified atom stereocenters. The minimum atomic E-state index is -0.619. The molecule has 25 heavy (non-hydrogen) atoms. The molecule has 0 aliphatic carbocycles. The number of primary amides is 1. The summed E-state index contributed by atoms with van der Waals surface area (Å²) in [6.45, 7) is 0. The van der Waals surface area contributed by atoms with Crippen LogP contribution in [0.15, 0.2) is 65.1 Å². The van der Waals surface area contributed by atoms with Crippen molar-refractivity contribution in [3.8, 4) is 17.1 Å². The van der Waals surface area contributed by atoms with E-state index in [1.807, 2.05) is 0 Å². The van der Waals surface area contributed by atoms with Gasteiger partial charge in [-0.1, -0.05) is 12.1 Å². The number of nitrogens with two attached hydrogens (primary N) is 1. The first-order valence-electron chi connectivity index (χ1n) is 7.53. The number of amides is 2. The van der Waals surface area contributed by atoms with Crippen molar-refractivity contribution in [1.29, 1.82) is 0 Å². The van der Waals surface area contributed by atoms with Crippen LogP contribution in [0.5, 0.6) is 5.75 Å². The van der Waals surface area contributed by atoms with Crippen LogP contribution in [0.2, 0.25) is 0 Å². The van der Waals surface area contributed by atoms with Gasteiger partial charge in [-0.2, -0.15) is 0 Å². The molecule has 1 heterocycles. The topological polar surface area (TPSA) is 94.6 Å². The zero-order chi connectivity index (χ0) is 17.8. The summed E-state index contributed by atoms with van der Waals surface area (Å²) in [5.41, 5.74) is 7.02. The monoisotopic (exact) mass is 336 g/mol. The van der Waals surface area contributed by atoms with Crippen molar-refractivity contribution >= 4 is 17.5 Å². The highest BCUT2D eigenvalue weighted by atomic mass is 16.5. The standard InChI is InChI=1S/C19H16N2O4/c1-24-16-5-3-2-4-14(16)19(23)21-13-8-6-12(7-9-13)15-10-11-17(25-15)18(20)22/h2-11H,1H3,(H2,20,22)(H,21,23). The predicted molar refractivity (Wildman–Crippen MR) is 93.6 cm³/mol. The molecule has 3 aromatic rings. The largest absolute Gasteiger partial charge is 0.496 e. The Balaban J connectivity index is 1.76. The van der Waals surface area contributed by atoms with Gasteiger partial charge in [0.2, 0.25) is 0 Å². The normalized spacial score (nSPS) is 10.3. The van der Waals surface area contributed by atoms with E-state index in [9.17, 15) is 9.59 Å². The van der Waals surface area contributed by atoms with E-state index in [-0.39, 0.29) is 11.7 Å². The lowest BCUT2D eigenvalue weighted by Crippen LogP contribution is -2.12. The van der Waals surface area contributed by atoms with Gasteiger partial charge in [-0.05, 0) is 48.5 Å². The number of para-hydroxylation sites is 1. The average molecular weight is 336 g/mol. The highest BCUT2D eigenvalue weighted by molar-refractivity contribution is 6.06. The summed E-state index contributed by atoms with van der Waals surface area (Å²) in [5, 5.41) is 2.81. The van der Waals surface area contributed by atoms with E-state index < -0.39 is 5.91 Å². The molecule has 2 aromatic carbocycles. The van der Waals surface area contributed by atoms with Crippen molar-refractivity contribution in [3.05, 3.63) is 72.0 Å². The number of anilines is 1. The van der Waals surface area contributed by atoms with E-state index in [4.69, 9.17) is 14.9 Å². The smallest absolute Gasteiger partial charge is 0.284 e. The van der Waals surface area contributed by atoms with Gasteiger partial charge >= 0.3 is 0 Å². The number of ether oxygens (including phenoxy) is 1. The maximum Gasteiger partial charge on any atom is 0.284 e. The number of carbonyl (C=O) groups is 2. The first-order chi connectivity index (χ1) is 12.1. The number of hydrogen-bond donors (Lipinski definition) is 2. The molecular formula is C19H16N2O4. The molecule has 0 atom stereocenters. The lowest BCUT2D eigenvalue weighted by atomic mass is 10.1. The van der Waals surface area contributed by atoms with Crippen LogP contribution in [-0.4, -0.2) is 18.9 Å². The molecule has 0 aliphatic heterocycles. The average Bonchev–Trinajstić information content (AvgIpc) is 3.12. The second kappa shape index (κ2) is 6.92. The van der Waals surface area contributed by atoms with Crippen LogP contribution < -0.4 is 15.8 Å². The molecule has 0 radical (unpaired) electrons. The minimum absolute atomic E-state index is 0.101. The Morgan fingerprint density at radius 2 is 1.72 bits per heavy atom. The van der Waals surface area contributed by atoms with E-state index >= 15 is 0 Å². The Morgan fingerprint density at radius 3 is 2.36 bits per heavy atom. The zero-order valence-corrected chi connectivity index (χ0v) is 13.5. The fraction of sp³-hybridized carbons (Fsp3) is 0.0526. The van der Waals surface area contributed by atoms with Crippen LogP contribution >= 0.6 is 0 Å². The lowest BCUT2D eigenvalue weighted by molar-refractivity contribution is 0.0973. The summed E-state index contributed by atoms with van der Waals surface area (Å²) in [6, 6.07) is 17.2. The Hall–Kier alpha value is -3.54. The van der Waals surface area contributed by atoms with Crippen LogP contribution in [-0.2, 0) is 0 Å². The van der Waals surface area contributed by atoms with Gasteiger partial charge in [-0.3, -0.25) is 9.59 Å². The van der Waals surface area contributed by atoms with Gasteiger partial charge in [-0.25, -0.2) is 0 Å². The molecule has 2 amide bonds. The number of methoxy groups -OCH3 is 1. The summed E-state index contributed by atoms with van der Waals surface area (Å²) in [6.07, 6.45) is 0. The summed E-state index contributed by atoms with van der Waals surface area (Å²) in [7, 11) is 1.52. The number of rotatable bonds is 5. The Morgan fingerprint density at radius 1 is 1.00 bits per heavy atom. The maximum atomic E-state index is 12.4. The van der Waals surface area contributed by atoms with Gasteiger partial charge in [0.05, 0.1) is 12.7 Å². The molecule has 0 bridgehead atoms. The van der Waals surface area contributed by atoms with Gasteiger partial charge in [0.25, 0.3) is 11.8 Å². The van der Waals surface area contributed by atoms with E-state index in [0.29, 0.717) is 22.8 Å². The minimum Gasteiger partial charge on any atom is -0.496 e. The maximum absolute atomic E-state index is 12.4. The summed E-state index contributed by atoms with van der Waals surface area (Å²) < 4.78 is 10.6. The number of furan rings is 1. The third-order valence-corrected chi connectivity index (χ3v) is 3.63. The summed E-state index contributed by atoms with van der Waals surface area (Å²) >= 11 is 0. The van der Waals surface area contributed by atoms with Gasteiger partial charge < -0.3 is 20.2 Å². The van der Waals surface area contributed by atoms with Crippen molar-refractivity contribution in [3.63, 3.8) is 0 Å². The molecule has 126 valence electrons. The number of benzene rings is 2. The van der Waals surface area contributed by atoms with Crippen LogP contribution in [0.3, 0.4) is 0 Å². The third kappa shape index (κ3) is 3.53. The van der Waals surface area contributed by atoms with Gasteiger partial charge in [0.1, 0.15) is 11.5 Å². The Bertz CT molecular complexity index is 913. The molecule has 0 spiro atoms. The predicted octanol–water partition coefficient (Wildman–Crippen LogP) is 3.31. The van der Waals surface area contributed by atoms with Crippen LogP contribution in [0, 0.1) is 0 Å². The van der Waals surface area contributed by atoms with E-state index in [0.717, 1.165) is 5.56 Å². The molecule has 3 rings (SSSR count). The first kappa shape index (κ1) is 16.3. The number of hydrogen-bond acceptors (Lipinski definition) is 4. The van der Waals surface area contributed by atoms with Gasteiger partial charge in [0.15, 0.2) is 5.76 Å². The molecule has 0 saturated heterocycles. The lowest BCUT2D eigenvalue weighted by Gasteiger charge is -2.09. The second-order valence-corrected chi connectivity index (χ2v) is 5.26. The molecule has 0 aliphatic rings. The molecule has 1 aromatic heterocycles. The zero-order valence-electron chi connectivity index (χ0n) is 13.5. The van der Waals surface area contributed by atoms with Crippen molar-refractivity contribution in [2.75, 3.05) is 12.4 Å². The van der Waals surface area contributed by atoms with Crippen molar-refractivity contribution in [1.82, 2.24) is 0 Å². The molecule has 6 nitrogen and oxygen atoms in total. The molecule has 6 heteroatoms. The number of carbonyl (C=O) groups excluding carboxylic acids is 2. The quantitative estimate of drug-likeness (QED) is 0.747. The first-order valence-corrected chi connectivity index (χ1v) is 7.53. The molecular weight excluding hydrogens is 320 g/mol. The Labute approximate surface area is 144 Å². The fourth-order valence-electron chi connectivity index (χ4n) is 2.37. The van der Waals surface area contributed by atoms with Crippen molar-refractivity contribution < 1.29 is 18.7 Å². The van der Waals surface area contributed by atoms with Gasteiger partial charge in [-0.15, -0.1) is 0 Å². The Kier molecular flexibility index (Phi) is 4.52. The van der Waals surface area contributed by atoms with E-state index in [1.54, 1.807) is 54.6 Å². The van der Waals surface area contributed by atoms with Crippen molar-refractivity contribution in [2.24, 2.45) is 5.73 Å². The van der Waals surface area contributed by atoms with Crippen LogP contribution in [0.1, 0.15) is 20.9 Å². The second-order valence-electron chi connectivity index (χ2n) is 5.26. The molecule has 0 fully saturated rings. The molecule has 3 N–H and O–H groups in total. The highest BCUT2D eigenvalue weighted by Crippen LogP contribution is 2.24. The third-order valence-electron chi connectivity index (χ3n) is 3.63. The summed E-state index contributed by atoms with van der Waals surface area (Å²) in [4.78, 5) is 23.4.